The molecule has 92 valence electrons. The number of nitrogens with zero attached hydrogens (tertiary/aromatic N) is 2. The summed E-state index contributed by atoms with van der Waals surface area (Å²) in [5, 5.41) is 2.82. The number of oxazole rings is 1. The number of hydrogen-bond acceptors (Lipinski definition) is 4. The molecular formula is C13H19N3O. The summed E-state index contributed by atoms with van der Waals surface area (Å²) in [7, 11) is 1.76. The van der Waals surface area contributed by atoms with Crippen LogP contribution in [0.15, 0.2) is 46.6 Å². The molecule has 17 heavy (non-hydrogen) atoms. The summed E-state index contributed by atoms with van der Waals surface area (Å²) in [6.07, 6.45) is 8.75. The molecule has 4 nitrogen and oxygen atoms in total. The fraction of sp³-hybridized carbons (Fsp3) is 0.231. The first-order valence-electron chi connectivity index (χ1n) is 5.23. The van der Waals surface area contributed by atoms with Crippen LogP contribution in [0.3, 0.4) is 0 Å². The normalized spacial score (nSPS) is 10.6. The van der Waals surface area contributed by atoms with Crippen LogP contribution >= 0.6 is 0 Å². The number of aliphatic imine (C=N–C) groups is 1. The summed E-state index contributed by atoms with van der Waals surface area (Å²) >= 11 is 0. The predicted molar refractivity (Wildman–Crippen MR) is 74.3 cm³/mol. The molecule has 0 aliphatic heterocycles. The van der Waals surface area contributed by atoms with E-state index < -0.39 is 0 Å². The zero-order chi connectivity index (χ0) is 13.1. The molecule has 0 saturated heterocycles. The molecule has 0 amide bonds. The lowest BCUT2D eigenvalue weighted by Gasteiger charge is -1.94. The summed E-state index contributed by atoms with van der Waals surface area (Å²) in [5.74, 6) is 0.705. The first kappa shape index (κ1) is 14.9. The van der Waals surface area contributed by atoms with Crippen molar-refractivity contribution in [3.8, 4) is 0 Å². The van der Waals surface area contributed by atoms with Crippen molar-refractivity contribution in [2.45, 2.75) is 13.8 Å². The second-order valence-electron chi connectivity index (χ2n) is 2.93. The maximum Gasteiger partial charge on any atom is 0.294 e. The quantitative estimate of drug-likeness (QED) is 0.491. The van der Waals surface area contributed by atoms with Crippen molar-refractivity contribution in [2.75, 3.05) is 12.4 Å². The second kappa shape index (κ2) is 9.15. The number of anilines is 1. The Bertz CT molecular complexity index is 403. The maximum absolute atomic E-state index is 5.38. The van der Waals surface area contributed by atoms with Gasteiger partial charge >= 0.3 is 0 Å². The minimum Gasteiger partial charge on any atom is -0.424 e. The summed E-state index contributed by atoms with van der Waals surface area (Å²) in [4.78, 5) is 7.64. The van der Waals surface area contributed by atoms with Gasteiger partial charge in [0.2, 0.25) is 0 Å². The van der Waals surface area contributed by atoms with Crippen LogP contribution in [0, 0.1) is 0 Å². The van der Waals surface area contributed by atoms with E-state index in [4.69, 9.17) is 4.42 Å². The highest BCUT2D eigenvalue weighted by atomic mass is 16.4. The van der Waals surface area contributed by atoms with Gasteiger partial charge in [0.25, 0.3) is 6.01 Å². The molecule has 0 saturated carbocycles. The van der Waals surface area contributed by atoms with Crippen molar-refractivity contribution in [3.05, 3.63) is 43.0 Å². The summed E-state index contributed by atoms with van der Waals surface area (Å²) in [6.45, 7) is 10.5. The predicted octanol–water partition coefficient (Wildman–Crippen LogP) is 3.53. The Labute approximate surface area is 102 Å². The van der Waals surface area contributed by atoms with Gasteiger partial charge in [0.1, 0.15) is 0 Å². The highest BCUT2D eigenvalue weighted by Gasteiger charge is 2.03. The van der Waals surface area contributed by atoms with Crippen molar-refractivity contribution in [2.24, 2.45) is 4.99 Å². The number of hydrogen-bond donors (Lipinski definition) is 1. The molecule has 1 rings (SSSR count). The van der Waals surface area contributed by atoms with Gasteiger partial charge < -0.3 is 9.73 Å². The van der Waals surface area contributed by atoms with Crippen molar-refractivity contribution in [1.82, 2.24) is 4.98 Å². The van der Waals surface area contributed by atoms with E-state index in [-0.39, 0.29) is 0 Å². The van der Waals surface area contributed by atoms with Crippen LogP contribution in [-0.2, 0) is 0 Å². The second-order valence-corrected chi connectivity index (χ2v) is 2.93. The number of allylic oxidation sites excluding steroid dienone is 4. The van der Waals surface area contributed by atoms with E-state index in [0.717, 1.165) is 5.57 Å². The van der Waals surface area contributed by atoms with E-state index in [1.165, 1.54) is 0 Å². The Hall–Kier alpha value is -2.10. The fourth-order valence-electron chi connectivity index (χ4n) is 0.977. The Morgan fingerprint density at radius 3 is 2.59 bits per heavy atom. The first-order chi connectivity index (χ1) is 8.23. The van der Waals surface area contributed by atoms with Crippen molar-refractivity contribution >= 4 is 18.3 Å². The van der Waals surface area contributed by atoms with E-state index in [1.54, 1.807) is 25.5 Å². The summed E-state index contributed by atoms with van der Waals surface area (Å²) in [5.41, 5.74) is 0.923. The molecule has 0 bridgehead atoms. The third-order valence-electron chi connectivity index (χ3n) is 1.67. The molecular weight excluding hydrogens is 214 g/mol. The lowest BCUT2D eigenvalue weighted by molar-refractivity contribution is 0.563. The zero-order valence-corrected chi connectivity index (χ0v) is 10.6. The SMILES string of the molecule is C=CC.C=N/C=C\C(=C/C)c1cnc(NC)o1. The summed E-state index contributed by atoms with van der Waals surface area (Å²) < 4.78 is 5.38. The molecule has 0 aliphatic rings. The number of nitrogens with one attached hydrogen (secondary N) is 1. The zero-order valence-electron chi connectivity index (χ0n) is 10.6. The van der Waals surface area contributed by atoms with Crippen molar-refractivity contribution in [3.63, 3.8) is 0 Å². The first-order valence-corrected chi connectivity index (χ1v) is 5.23. The number of aromatic nitrogens is 1. The van der Waals surface area contributed by atoms with Gasteiger partial charge in [-0.3, -0.25) is 4.99 Å². The largest absolute Gasteiger partial charge is 0.424 e. The van der Waals surface area contributed by atoms with Crippen molar-refractivity contribution < 1.29 is 4.42 Å². The van der Waals surface area contributed by atoms with Crippen LogP contribution in [0.4, 0.5) is 6.01 Å². The average molecular weight is 233 g/mol. The highest BCUT2D eigenvalue weighted by Crippen LogP contribution is 2.18. The molecule has 0 radical (unpaired) electrons. The third kappa shape index (κ3) is 5.51. The fourth-order valence-corrected chi connectivity index (χ4v) is 0.977. The molecule has 1 aromatic rings. The van der Waals surface area contributed by atoms with Gasteiger partial charge in [-0.15, -0.1) is 6.58 Å². The van der Waals surface area contributed by atoms with Crippen LogP contribution in [0.25, 0.3) is 5.57 Å². The van der Waals surface area contributed by atoms with Gasteiger partial charge in [-0.05, 0) is 26.6 Å². The molecule has 0 aliphatic carbocycles. The Morgan fingerprint density at radius 1 is 1.53 bits per heavy atom. The lowest BCUT2D eigenvalue weighted by atomic mass is 10.2. The van der Waals surface area contributed by atoms with Crippen LogP contribution in [0.5, 0.6) is 0 Å². The van der Waals surface area contributed by atoms with E-state index in [1.807, 2.05) is 26.0 Å². The van der Waals surface area contributed by atoms with Gasteiger partial charge in [-0.25, -0.2) is 4.98 Å². The maximum atomic E-state index is 5.38. The van der Waals surface area contributed by atoms with Gasteiger partial charge in [-0.2, -0.15) is 0 Å². The molecule has 0 unspecified atom stereocenters. The van der Waals surface area contributed by atoms with E-state index >= 15 is 0 Å². The van der Waals surface area contributed by atoms with Gasteiger partial charge in [0, 0.05) is 18.8 Å². The summed E-state index contributed by atoms with van der Waals surface area (Å²) in [6, 6.07) is 0.499. The van der Waals surface area contributed by atoms with E-state index in [0.29, 0.717) is 11.8 Å². The lowest BCUT2D eigenvalue weighted by Crippen LogP contribution is -1.85. The topological polar surface area (TPSA) is 50.4 Å². The van der Waals surface area contributed by atoms with Crippen LogP contribution in [0.2, 0.25) is 0 Å². The molecule has 0 aromatic carbocycles. The van der Waals surface area contributed by atoms with Gasteiger partial charge in [-0.1, -0.05) is 12.2 Å². The minimum atomic E-state index is 0.499. The van der Waals surface area contributed by atoms with Crippen LogP contribution in [0.1, 0.15) is 19.6 Å². The molecule has 4 heteroatoms. The molecule has 1 N–H and O–H groups in total. The van der Waals surface area contributed by atoms with E-state index in [2.05, 4.69) is 28.6 Å². The smallest absolute Gasteiger partial charge is 0.294 e. The molecule has 0 fully saturated rings. The standard InChI is InChI=1S/C10H13N3O.C3H6/c1-4-8(5-6-11-2)9-7-13-10(12-3)14-9;1-3-2/h4-7H,2H2,1,3H3,(H,12,13);3H,1H2,2H3/b6-5-,8-4+;. The Balaban J connectivity index is 0.000000770. The monoisotopic (exact) mass is 233 g/mol. The number of rotatable bonds is 4. The third-order valence-corrected chi connectivity index (χ3v) is 1.67. The van der Waals surface area contributed by atoms with E-state index in [9.17, 15) is 0 Å². The van der Waals surface area contributed by atoms with Gasteiger partial charge in [0.05, 0.1) is 6.20 Å². The average Bonchev–Trinajstić information content (AvgIpc) is 2.80. The molecule has 1 heterocycles. The van der Waals surface area contributed by atoms with Crippen LogP contribution < -0.4 is 5.32 Å². The Kier molecular flexibility index (Phi) is 8.02. The highest BCUT2D eigenvalue weighted by molar-refractivity contribution is 5.70. The van der Waals surface area contributed by atoms with Gasteiger partial charge in [0.15, 0.2) is 5.76 Å². The van der Waals surface area contributed by atoms with Crippen molar-refractivity contribution in [1.29, 1.82) is 0 Å². The Morgan fingerprint density at radius 2 is 2.18 bits per heavy atom. The molecule has 1 aromatic heterocycles. The van der Waals surface area contributed by atoms with Crippen LogP contribution in [-0.4, -0.2) is 18.7 Å². The molecule has 0 spiro atoms. The minimum absolute atomic E-state index is 0.499. The molecule has 0 atom stereocenters.